The van der Waals surface area contributed by atoms with Crippen molar-refractivity contribution in [3.63, 3.8) is 0 Å². The van der Waals surface area contributed by atoms with Crippen molar-refractivity contribution < 1.29 is 0 Å². The van der Waals surface area contributed by atoms with E-state index in [9.17, 15) is 0 Å². The first-order valence-electron chi connectivity index (χ1n) is 7.73. The van der Waals surface area contributed by atoms with E-state index in [0.29, 0.717) is 5.54 Å². The van der Waals surface area contributed by atoms with Gasteiger partial charge in [-0.3, -0.25) is 0 Å². The van der Waals surface area contributed by atoms with Gasteiger partial charge in [0.25, 0.3) is 0 Å². The molecule has 3 aliphatic rings. The molecule has 0 bridgehead atoms. The van der Waals surface area contributed by atoms with Gasteiger partial charge < -0.3 is 10.2 Å². The molecule has 0 unspecified atom stereocenters. The van der Waals surface area contributed by atoms with Gasteiger partial charge in [-0.25, -0.2) is 0 Å². The summed E-state index contributed by atoms with van der Waals surface area (Å²) in [5, 5.41) is 3.87. The molecule has 3 rings (SSSR count). The van der Waals surface area contributed by atoms with Crippen molar-refractivity contribution in [2.24, 2.45) is 5.41 Å². The maximum absolute atomic E-state index is 3.87. The minimum Gasteiger partial charge on any atom is -0.310 e. The van der Waals surface area contributed by atoms with Gasteiger partial charge in [0, 0.05) is 18.6 Å². The van der Waals surface area contributed by atoms with Crippen molar-refractivity contribution >= 4 is 0 Å². The molecule has 2 aliphatic carbocycles. The molecule has 0 aromatic carbocycles. The van der Waals surface area contributed by atoms with Crippen LogP contribution in [0.5, 0.6) is 0 Å². The molecule has 1 N–H and O–H groups in total. The Bertz CT molecular complexity index is 264. The number of hydrogen-bond donors (Lipinski definition) is 1. The van der Waals surface area contributed by atoms with Crippen LogP contribution in [0.25, 0.3) is 0 Å². The summed E-state index contributed by atoms with van der Waals surface area (Å²) in [5.41, 5.74) is 1.23. The van der Waals surface area contributed by atoms with Crippen LogP contribution in [0, 0.1) is 5.41 Å². The van der Waals surface area contributed by atoms with Crippen LogP contribution < -0.4 is 5.32 Å². The third-order valence-corrected chi connectivity index (χ3v) is 5.50. The molecule has 0 aromatic rings. The summed E-state index contributed by atoms with van der Waals surface area (Å²) in [6, 6.07) is 0. The first-order chi connectivity index (χ1) is 8.26. The lowest BCUT2D eigenvalue weighted by Gasteiger charge is -2.35. The zero-order valence-electron chi connectivity index (χ0n) is 11.4. The highest BCUT2D eigenvalue weighted by Gasteiger charge is 2.44. The Morgan fingerprint density at radius 2 is 1.82 bits per heavy atom. The second-order valence-electron chi connectivity index (χ2n) is 6.83. The van der Waals surface area contributed by atoms with Crippen molar-refractivity contribution in [1.82, 2.24) is 10.2 Å². The fourth-order valence-electron chi connectivity index (χ4n) is 4.02. The Morgan fingerprint density at radius 1 is 1.06 bits per heavy atom. The first-order valence-corrected chi connectivity index (χ1v) is 7.73. The summed E-state index contributed by atoms with van der Waals surface area (Å²) >= 11 is 0. The van der Waals surface area contributed by atoms with Crippen LogP contribution >= 0.6 is 0 Å². The van der Waals surface area contributed by atoms with E-state index in [1.807, 2.05) is 0 Å². The van der Waals surface area contributed by atoms with Gasteiger partial charge in [-0.15, -0.1) is 0 Å². The van der Waals surface area contributed by atoms with Gasteiger partial charge in [-0.2, -0.15) is 0 Å². The average molecular weight is 236 g/mol. The van der Waals surface area contributed by atoms with E-state index in [1.165, 1.54) is 77.5 Å². The number of hydrogen-bond acceptors (Lipinski definition) is 2. The SMILES string of the molecule is CCC1(CN2CCCNC3(CCCC3)C2)CC1. The standard InChI is InChI=1S/C15H28N2/c1-2-14(8-9-14)12-17-11-5-10-16-15(13-17)6-3-4-7-15/h16H,2-13H2,1H3. The summed E-state index contributed by atoms with van der Waals surface area (Å²) in [4.78, 5) is 2.79. The van der Waals surface area contributed by atoms with E-state index in [-0.39, 0.29) is 0 Å². The highest BCUT2D eigenvalue weighted by atomic mass is 15.2. The molecule has 98 valence electrons. The third-order valence-electron chi connectivity index (χ3n) is 5.50. The van der Waals surface area contributed by atoms with Crippen LogP contribution in [0.1, 0.15) is 58.3 Å². The van der Waals surface area contributed by atoms with E-state index >= 15 is 0 Å². The quantitative estimate of drug-likeness (QED) is 0.810. The molecule has 0 radical (unpaired) electrons. The number of rotatable bonds is 3. The van der Waals surface area contributed by atoms with E-state index in [4.69, 9.17) is 0 Å². The smallest absolute Gasteiger partial charge is 0.0308 e. The van der Waals surface area contributed by atoms with Crippen molar-refractivity contribution in [3.05, 3.63) is 0 Å². The second-order valence-corrected chi connectivity index (χ2v) is 6.83. The Kier molecular flexibility index (Phi) is 3.20. The molecule has 2 saturated carbocycles. The van der Waals surface area contributed by atoms with Crippen LogP contribution in [0.3, 0.4) is 0 Å². The van der Waals surface area contributed by atoms with Gasteiger partial charge in [0.2, 0.25) is 0 Å². The highest BCUT2D eigenvalue weighted by Crippen LogP contribution is 2.49. The van der Waals surface area contributed by atoms with E-state index in [2.05, 4.69) is 17.1 Å². The molecule has 1 heterocycles. The molecule has 1 saturated heterocycles. The number of nitrogens with one attached hydrogen (secondary N) is 1. The fraction of sp³-hybridized carbons (Fsp3) is 1.00. The normalized spacial score (nSPS) is 31.6. The van der Waals surface area contributed by atoms with Gasteiger partial charge in [0.1, 0.15) is 0 Å². The Hall–Kier alpha value is -0.0800. The minimum atomic E-state index is 0.500. The minimum absolute atomic E-state index is 0.500. The Balaban J connectivity index is 1.63. The predicted molar refractivity (Wildman–Crippen MR) is 72.2 cm³/mol. The van der Waals surface area contributed by atoms with Gasteiger partial charge >= 0.3 is 0 Å². The van der Waals surface area contributed by atoms with Gasteiger partial charge in [-0.1, -0.05) is 19.8 Å². The van der Waals surface area contributed by atoms with E-state index in [0.717, 1.165) is 5.41 Å². The van der Waals surface area contributed by atoms with E-state index in [1.54, 1.807) is 0 Å². The average Bonchev–Trinajstić information content (AvgIpc) is 3.00. The van der Waals surface area contributed by atoms with Gasteiger partial charge in [0.05, 0.1) is 0 Å². The molecular weight excluding hydrogens is 208 g/mol. The fourth-order valence-corrected chi connectivity index (χ4v) is 4.02. The van der Waals surface area contributed by atoms with Crippen molar-refractivity contribution in [2.75, 3.05) is 26.2 Å². The van der Waals surface area contributed by atoms with Crippen LogP contribution in [0.4, 0.5) is 0 Å². The number of nitrogens with zero attached hydrogens (tertiary/aromatic N) is 1. The van der Waals surface area contributed by atoms with Crippen molar-refractivity contribution in [3.8, 4) is 0 Å². The molecule has 0 aromatic heterocycles. The summed E-state index contributed by atoms with van der Waals surface area (Å²) in [6.45, 7) is 7.67. The summed E-state index contributed by atoms with van der Waals surface area (Å²) in [6.07, 6.45) is 11.4. The second kappa shape index (κ2) is 4.55. The maximum atomic E-state index is 3.87. The zero-order chi connectivity index (χ0) is 11.8. The van der Waals surface area contributed by atoms with Gasteiger partial charge in [0.15, 0.2) is 0 Å². The van der Waals surface area contributed by atoms with Crippen LogP contribution in [-0.2, 0) is 0 Å². The van der Waals surface area contributed by atoms with Crippen molar-refractivity contribution in [2.45, 2.75) is 63.8 Å². The molecule has 1 spiro atoms. The highest BCUT2D eigenvalue weighted by molar-refractivity contribution is 5.00. The molecular formula is C15H28N2. The molecule has 17 heavy (non-hydrogen) atoms. The molecule has 0 atom stereocenters. The molecule has 3 fully saturated rings. The largest absolute Gasteiger partial charge is 0.310 e. The lowest BCUT2D eigenvalue weighted by molar-refractivity contribution is 0.174. The lowest BCUT2D eigenvalue weighted by atomic mass is 9.96. The zero-order valence-corrected chi connectivity index (χ0v) is 11.4. The first kappa shape index (κ1) is 12.0. The van der Waals surface area contributed by atoms with Crippen molar-refractivity contribution in [1.29, 1.82) is 0 Å². The topological polar surface area (TPSA) is 15.3 Å². The lowest BCUT2D eigenvalue weighted by Crippen LogP contribution is -2.50. The third kappa shape index (κ3) is 2.53. The monoisotopic (exact) mass is 236 g/mol. The van der Waals surface area contributed by atoms with Crippen LogP contribution in [0.15, 0.2) is 0 Å². The Labute approximate surface area is 106 Å². The molecule has 2 heteroatoms. The predicted octanol–water partition coefficient (Wildman–Crippen LogP) is 2.78. The molecule has 1 aliphatic heterocycles. The summed E-state index contributed by atoms with van der Waals surface area (Å²) in [5.74, 6) is 0. The summed E-state index contributed by atoms with van der Waals surface area (Å²) < 4.78 is 0. The van der Waals surface area contributed by atoms with Crippen LogP contribution in [-0.4, -0.2) is 36.6 Å². The molecule has 2 nitrogen and oxygen atoms in total. The molecule has 0 amide bonds. The van der Waals surface area contributed by atoms with Crippen LogP contribution in [0.2, 0.25) is 0 Å². The Morgan fingerprint density at radius 3 is 2.47 bits per heavy atom. The summed E-state index contributed by atoms with van der Waals surface area (Å²) in [7, 11) is 0. The maximum Gasteiger partial charge on any atom is 0.0308 e. The van der Waals surface area contributed by atoms with Gasteiger partial charge in [-0.05, 0) is 57.0 Å². The van der Waals surface area contributed by atoms with E-state index < -0.39 is 0 Å².